The fraction of sp³-hybridized carbons (Fsp3) is 0.714. The number of halogens is 1. The predicted octanol–water partition coefficient (Wildman–Crippen LogP) is 0.191. The third-order valence-electron chi connectivity index (χ3n) is 2.82. The fourth-order valence-electron chi connectivity index (χ4n) is 1.88. The molecule has 0 bridgehead atoms. The van der Waals surface area contributed by atoms with Gasteiger partial charge in [-0.25, -0.2) is 19.2 Å². The van der Waals surface area contributed by atoms with Gasteiger partial charge in [0.1, 0.15) is 17.7 Å². The first-order valence-electron chi connectivity index (χ1n) is 7.73. The summed E-state index contributed by atoms with van der Waals surface area (Å²) < 4.78 is 5.54. The fourth-order valence-corrected chi connectivity index (χ4v) is 2.55. The van der Waals surface area contributed by atoms with Crippen molar-refractivity contribution in [2.45, 2.75) is 57.1 Å². The van der Waals surface area contributed by atoms with Crippen LogP contribution in [-0.2, 0) is 63.0 Å². The van der Waals surface area contributed by atoms with Gasteiger partial charge in [0.25, 0.3) is 0 Å². The molecule has 0 aromatic carbocycles. The molecule has 13 nitrogen and oxygen atoms in total. The van der Waals surface area contributed by atoms with E-state index in [0.29, 0.717) is 0 Å². The summed E-state index contributed by atoms with van der Waals surface area (Å²) in [6.07, 6.45) is -4.99. The first-order chi connectivity index (χ1) is 13.1. The number of hydrogen-bond donors (Lipinski definition) is 0. The minimum Gasteiger partial charge on any atom is -0.355 e. The van der Waals surface area contributed by atoms with Crippen LogP contribution in [0.4, 0.5) is 0 Å². The first-order valence-corrected chi connectivity index (χ1v) is 8.64. The van der Waals surface area contributed by atoms with Gasteiger partial charge in [-0.2, -0.15) is 19.6 Å². The van der Waals surface area contributed by atoms with E-state index in [0.717, 1.165) is 27.7 Å². The molecule has 0 N–H and O–H groups in total. The Morgan fingerprint density at radius 3 is 1.61 bits per heavy atom. The molecule has 160 valence electrons. The lowest BCUT2D eigenvalue weighted by Crippen LogP contribution is -2.60. The molecule has 1 heterocycles. The van der Waals surface area contributed by atoms with Crippen molar-refractivity contribution in [3.63, 3.8) is 0 Å². The predicted molar refractivity (Wildman–Crippen MR) is 85.2 cm³/mol. The Balaban J connectivity index is 3.03. The van der Waals surface area contributed by atoms with Gasteiger partial charge in [-0.05, 0) is 0 Å². The van der Waals surface area contributed by atoms with Crippen LogP contribution >= 0.6 is 15.9 Å². The largest absolute Gasteiger partial charge is 0.355 e. The van der Waals surface area contributed by atoms with Gasteiger partial charge >= 0.3 is 23.9 Å². The van der Waals surface area contributed by atoms with Crippen molar-refractivity contribution in [3.8, 4) is 0 Å². The molecule has 0 unspecified atom stereocenters. The van der Waals surface area contributed by atoms with Crippen molar-refractivity contribution in [1.29, 1.82) is 0 Å². The average molecular weight is 475 g/mol. The summed E-state index contributed by atoms with van der Waals surface area (Å²) >= 11 is 3.14. The molecule has 0 saturated carbocycles. The van der Waals surface area contributed by atoms with Crippen LogP contribution in [0.15, 0.2) is 0 Å². The number of carbonyl (C=O) groups is 4. The summed E-state index contributed by atoms with van der Waals surface area (Å²) in [6, 6.07) is 0. The SMILES string of the molecule is CC(=O)OOC[C@H]1O[C@H](Br)[C@H](OOC(C)=O)[C@@H](OOC(C)=O)[C@@H]1OOC(C)=O. The summed E-state index contributed by atoms with van der Waals surface area (Å²) in [5.41, 5.74) is 0. The standard InChI is InChI=1S/C14H19BrO13/c1-6(16)22-20-5-10-11(26-23-7(2)17)12(27-24-8(3)18)13(14(15)21-10)28-25-9(4)19/h10-14H,5H2,1-4H3/t10-,11-,12+,13-,14+/m1/s1. The molecule has 0 amide bonds. The van der Waals surface area contributed by atoms with Crippen LogP contribution < -0.4 is 0 Å². The summed E-state index contributed by atoms with van der Waals surface area (Å²) in [5, 5.41) is -1.00. The molecule has 1 aliphatic rings. The van der Waals surface area contributed by atoms with Crippen molar-refractivity contribution >= 4 is 39.8 Å². The van der Waals surface area contributed by atoms with Gasteiger partial charge in [0.2, 0.25) is 0 Å². The summed E-state index contributed by atoms with van der Waals surface area (Å²) in [7, 11) is 0. The van der Waals surface area contributed by atoms with E-state index in [1.165, 1.54) is 0 Å². The average Bonchev–Trinajstić information content (AvgIpc) is 2.57. The van der Waals surface area contributed by atoms with Gasteiger partial charge in [-0.3, -0.25) is 19.6 Å². The van der Waals surface area contributed by atoms with Gasteiger partial charge in [0, 0.05) is 27.7 Å². The molecule has 1 fully saturated rings. The molecule has 5 atom stereocenters. The number of rotatable bonds is 9. The van der Waals surface area contributed by atoms with Crippen LogP contribution in [-0.4, -0.2) is 59.9 Å². The molecule has 28 heavy (non-hydrogen) atoms. The van der Waals surface area contributed by atoms with E-state index in [1.807, 2.05) is 0 Å². The molecular weight excluding hydrogens is 456 g/mol. The van der Waals surface area contributed by atoms with Crippen LogP contribution in [0.1, 0.15) is 27.7 Å². The highest BCUT2D eigenvalue weighted by Gasteiger charge is 2.52. The Bertz CT molecular complexity index is 567. The number of ether oxygens (including phenoxy) is 1. The van der Waals surface area contributed by atoms with E-state index in [-0.39, 0.29) is 0 Å². The van der Waals surface area contributed by atoms with Gasteiger partial charge in [-0.15, -0.1) is 0 Å². The van der Waals surface area contributed by atoms with E-state index >= 15 is 0 Å². The monoisotopic (exact) mass is 474 g/mol. The Morgan fingerprint density at radius 2 is 1.14 bits per heavy atom. The van der Waals surface area contributed by atoms with Crippen LogP contribution in [0.5, 0.6) is 0 Å². The highest BCUT2D eigenvalue weighted by atomic mass is 79.9. The van der Waals surface area contributed by atoms with E-state index in [2.05, 4.69) is 35.5 Å². The smallest absolute Gasteiger partial charge is 0.339 e. The zero-order valence-electron chi connectivity index (χ0n) is 15.3. The summed E-state index contributed by atoms with van der Waals surface area (Å²) in [5.74, 6) is -3.15. The molecule has 0 aliphatic carbocycles. The molecule has 0 aromatic rings. The van der Waals surface area contributed by atoms with E-state index in [9.17, 15) is 19.2 Å². The third kappa shape index (κ3) is 8.45. The molecule has 14 heteroatoms. The Labute approximate surface area is 167 Å². The number of carbonyl (C=O) groups excluding carboxylic acids is 4. The number of hydrogen-bond acceptors (Lipinski definition) is 13. The molecule has 0 radical (unpaired) electrons. The van der Waals surface area contributed by atoms with Gasteiger partial charge in [0.05, 0.1) is 0 Å². The van der Waals surface area contributed by atoms with Gasteiger partial charge in [-0.1, -0.05) is 15.9 Å². The van der Waals surface area contributed by atoms with Gasteiger partial charge in [0.15, 0.2) is 18.3 Å². The molecule has 0 spiro atoms. The molecule has 0 aromatic heterocycles. The Morgan fingerprint density at radius 1 is 0.714 bits per heavy atom. The molecule has 1 saturated heterocycles. The van der Waals surface area contributed by atoms with Crippen molar-refractivity contribution in [2.24, 2.45) is 0 Å². The second kappa shape index (κ2) is 11.9. The van der Waals surface area contributed by atoms with Crippen LogP contribution in [0.3, 0.4) is 0 Å². The topological polar surface area (TPSA) is 151 Å². The molecular formula is C14H19BrO13. The van der Waals surface area contributed by atoms with E-state index in [4.69, 9.17) is 24.3 Å². The highest BCUT2D eigenvalue weighted by molar-refractivity contribution is 9.09. The zero-order chi connectivity index (χ0) is 21.3. The third-order valence-corrected chi connectivity index (χ3v) is 3.55. The van der Waals surface area contributed by atoms with Gasteiger partial charge < -0.3 is 4.74 Å². The van der Waals surface area contributed by atoms with Crippen LogP contribution in [0, 0.1) is 0 Å². The lowest BCUT2D eigenvalue weighted by molar-refractivity contribution is -0.432. The van der Waals surface area contributed by atoms with Crippen LogP contribution in [0.2, 0.25) is 0 Å². The van der Waals surface area contributed by atoms with Crippen molar-refractivity contribution in [3.05, 3.63) is 0 Å². The zero-order valence-corrected chi connectivity index (χ0v) is 16.9. The lowest BCUT2D eigenvalue weighted by Gasteiger charge is -2.40. The highest BCUT2D eigenvalue weighted by Crippen LogP contribution is 2.32. The summed E-state index contributed by atoms with van der Waals surface area (Å²) in [6.45, 7) is 3.93. The summed E-state index contributed by atoms with van der Waals surface area (Å²) in [4.78, 5) is 81.6. The van der Waals surface area contributed by atoms with Crippen molar-refractivity contribution in [1.82, 2.24) is 0 Å². The van der Waals surface area contributed by atoms with E-state index in [1.54, 1.807) is 0 Å². The van der Waals surface area contributed by atoms with E-state index < -0.39 is 59.9 Å². The quantitative estimate of drug-likeness (QED) is 0.254. The molecule has 1 aliphatic heterocycles. The van der Waals surface area contributed by atoms with Crippen LogP contribution in [0.25, 0.3) is 0 Å². The maximum atomic E-state index is 11.1. The minimum absolute atomic E-state index is 0.395. The second-order valence-corrected chi connectivity index (χ2v) is 6.19. The number of alkyl halides is 1. The first kappa shape index (κ1) is 24.2. The van der Waals surface area contributed by atoms with Crippen molar-refractivity contribution < 1.29 is 63.0 Å². The maximum absolute atomic E-state index is 11.1. The van der Waals surface area contributed by atoms with Crippen molar-refractivity contribution in [2.75, 3.05) is 6.61 Å². The Kier molecular flexibility index (Phi) is 10.3. The Hall–Kier alpha value is -1.84. The second-order valence-electron chi connectivity index (χ2n) is 5.29. The minimum atomic E-state index is -1.34. The normalized spacial score (nSPS) is 26.8. The maximum Gasteiger partial charge on any atom is 0.339 e. The lowest BCUT2D eigenvalue weighted by atomic mass is 10.0. The molecule has 1 rings (SSSR count).